The van der Waals surface area contributed by atoms with Crippen LogP contribution >= 0.6 is 0 Å². The van der Waals surface area contributed by atoms with E-state index in [9.17, 15) is 4.79 Å². The Morgan fingerprint density at radius 2 is 2.32 bits per heavy atom. The SMILES string of the molecule is CCC(C)C(=O)NCc1ccnc(-n2cccn2)c1. The van der Waals surface area contributed by atoms with Crippen LogP contribution in [0.5, 0.6) is 0 Å². The van der Waals surface area contributed by atoms with E-state index in [1.165, 1.54) is 0 Å². The fourth-order valence-electron chi connectivity index (χ4n) is 1.65. The van der Waals surface area contributed by atoms with Crippen LogP contribution in [0.4, 0.5) is 0 Å². The van der Waals surface area contributed by atoms with Gasteiger partial charge in [0.05, 0.1) is 0 Å². The van der Waals surface area contributed by atoms with Gasteiger partial charge in [-0.25, -0.2) is 9.67 Å². The van der Waals surface area contributed by atoms with Crippen LogP contribution in [0, 0.1) is 5.92 Å². The largest absolute Gasteiger partial charge is 0.352 e. The highest BCUT2D eigenvalue weighted by Crippen LogP contribution is 2.07. The lowest BCUT2D eigenvalue weighted by Gasteiger charge is -2.10. The lowest BCUT2D eigenvalue weighted by molar-refractivity contribution is -0.124. The maximum Gasteiger partial charge on any atom is 0.223 e. The molecule has 0 fully saturated rings. The molecule has 0 radical (unpaired) electrons. The van der Waals surface area contributed by atoms with Gasteiger partial charge >= 0.3 is 0 Å². The van der Waals surface area contributed by atoms with Gasteiger partial charge in [0.1, 0.15) is 0 Å². The molecule has 2 rings (SSSR count). The molecule has 2 aromatic rings. The van der Waals surface area contributed by atoms with Crippen LogP contribution in [-0.2, 0) is 11.3 Å². The van der Waals surface area contributed by atoms with Crippen molar-refractivity contribution in [1.29, 1.82) is 0 Å². The second kappa shape index (κ2) is 6.13. The number of rotatable bonds is 5. The van der Waals surface area contributed by atoms with E-state index in [2.05, 4.69) is 15.4 Å². The molecule has 0 saturated heterocycles. The molecule has 2 aromatic heterocycles. The molecule has 5 nitrogen and oxygen atoms in total. The van der Waals surface area contributed by atoms with Gasteiger partial charge in [-0.3, -0.25) is 4.79 Å². The summed E-state index contributed by atoms with van der Waals surface area (Å²) in [6.45, 7) is 4.45. The van der Waals surface area contributed by atoms with Gasteiger partial charge in [-0.1, -0.05) is 13.8 Å². The molecule has 1 atom stereocenters. The topological polar surface area (TPSA) is 59.8 Å². The average molecular weight is 258 g/mol. The summed E-state index contributed by atoms with van der Waals surface area (Å²) >= 11 is 0. The second-order valence-electron chi connectivity index (χ2n) is 4.50. The summed E-state index contributed by atoms with van der Waals surface area (Å²) in [6.07, 6.45) is 6.12. The lowest BCUT2D eigenvalue weighted by Crippen LogP contribution is -2.28. The van der Waals surface area contributed by atoms with Crippen molar-refractivity contribution in [1.82, 2.24) is 20.1 Å². The first-order valence-electron chi connectivity index (χ1n) is 6.43. The number of nitrogens with zero attached hydrogens (tertiary/aromatic N) is 3. The van der Waals surface area contributed by atoms with Crippen molar-refractivity contribution in [3.8, 4) is 5.82 Å². The first-order chi connectivity index (χ1) is 9.20. The fraction of sp³-hybridized carbons (Fsp3) is 0.357. The van der Waals surface area contributed by atoms with Crippen LogP contribution in [0.25, 0.3) is 5.82 Å². The normalized spacial score (nSPS) is 12.1. The maximum atomic E-state index is 11.7. The molecule has 19 heavy (non-hydrogen) atoms. The quantitative estimate of drug-likeness (QED) is 0.891. The molecule has 0 aliphatic heterocycles. The van der Waals surface area contributed by atoms with Crippen LogP contribution in [0.2, 0.25) is 0 Å². The Kier molecular flexibility index (Phi) is 4.28. The van der Waals surface area contributed by atoms with Gasteiger partial charge < -0.3 is 5.32 Å². The summed E-state index contributed by atoms with van der Waals surface area (Å²) in [5.41, 5.74) is 1.01. The van der Waals surface area contributed by atoms with Gasteiger partial charge in [-0.2, -0.15) is 5.10 Å². The number of nitrogens with one attached hydrogen (secondary N) is 1. The summed E-state index contributed by atoms with van der Waals surface area (Å²) in [6, 6.07) is 5.66. The van der Waals surface area contributed by atoms with Gasteiger partial charge in [-0.15, -0.1) is 0 Å². The average Bonchev–Trinajstić information content (AvgIpc) is 2.98. The van der Waals surface area contributed by atoms with Gasteiger partial charge in [0, 0.05) is 31.1 Å². The number of carbonyl (C=O) groups excluding carboxylic acids is 1. The van der Waals surface area contributed by atoms with Crippen LogP contribution in [0.1, 0.15) is 25.8 Å². The molecular formula is C14H18N4O. The molecule has 1 unspecified atom stereocenters. The van der Waals surface area contributed by atoms with E-state index in [0.717, 1.165) is 17.8 Å². The molecular weight excluding hydrogens is 240 g/mol. The Hall–Kier alpha value is -2.17. The van der Waals surface area contributed by atoms with E-state index in [-0.39, 0.29) is 11.8 Å². The Morgan fingerprint density at radius 3 is 3.00 bits per heavy atom. The van der Waals surface area contributed by atoms with Crippen molar-refractivity contribution in [2.75, 3.05) is 0 Å². The molecule has 0 aliphatic rings. The van der Waals surface area contributed by atoms with Crippen molar-refractivity contribution in [3.05, 3.63) is 42.4 Å². The molecule has 0 bridgehead atoms. The number of pyridine rings is 1. The Labute approximate surface area is 112 Å². The van der Waals surface area contributed by atoms with E-state index in [0.29, 0.717) is 6.54 Å². The maximum absolute atomic E-state index is 11.7. The smallest absolute Gasteiger partial charge is 0.223 e. The van der Waals surface area contributed by atoms with Crippen LogP contribution in [0.15, 0.2) is 36.8 Å². The first kappa shape index (κ1) is 13.3. The monoisotopic (exact) mass is 258 g/mol. The van der Waals surface area contributed by atoms with Gasteiger partial charge in [0.25, 0.3) is 0 Å². The van der Waals surface area contributed by atoms with Crippen molar-refractivity contribution in [2.45, 2.75) is 26.8 Å². The Balaban J connectivity index is 2.02. The van der Waals surface area contributed by atoms with Crippen molar-refractivity contribution >= 4 is 5.91 Å². The number of aromatic nitrogens is 3. The number of amides is 1. The molecule has 5 heteroatoms. The van der Waals surface area contributed by atoms with Crippen molar-refractivity contribution in [2.24, 2.45) is 5.92 Å². The molecule has 2 heterocycles. The van der Waals surface area contributed by atoms with Gasteiger partial charge in [-0.05, 0) is 30.2 Å². The van der Waals surface area contributed by atoms with Gasteiger partial charge in [0.15, 0.2) is 5.82 Å². The zero-order valence-corrected chi connectivity index (χ0v) is 11.2. The van der Waals surface area contributed by atoms with E-state index in [4.69, 9.17) is 0 Å². The summed E-state index contributed by atoms with van der Waals surface area (Å²) in [7, 11) is 0. The summed E-state index contributed by atoms with van der Waals surface area (Å²) < 4.78 is 1.69. The zero-order chi connectivity index (χ0) is 13.7. The zero-order valence-electron chi connectivity index (χ0n) is 11.2. The van der Waals surface area contributed by atoms with Crippen LogP contribution < -0.4 is 5.32 Å². The molecule has 0 aliphatic carbocycles. The van der Waals surface area contributed by atoms with E-state index >= 15 is 0 Å². The van der Waals surface area contributed by atoms with Crippen LogP contribution in [0.3, 0.4) is 0 Å². The minimum Gasteiger partial charge on any atom is -0.352 e. The fourth-order valence-corrected chi connectivity index (χ4v) is 1.65. The Morgan fingerprint density at radius 1 is 1.47 bits per heavy atom. The number of hydrogen-bond acceptors (Lipinski definition) is 3. The molecule has 100 valence electrons. The van der Waals surface area contributed by atoms with Crippen molar-refractivity contribution in [3.63, 3.8) is 0 Å². The third-order valence-corrected chi connectivity index (χ3v) is 3.08. The number of carbonyl (C=O) groups is 1. The summed E-state index contributed by atoms with van der Waals surface area (Å²) in [5.74, 6) is 0.882. The predicted octanol–water partition coefficient (Wildman–Crippen LogP) is 1.93. The molecule has 1 amide bonds. The minimum atomic E-state index is 0.0485. The molecule has 0 saturated carbocycles. The highest BCUT2D eigenvalue weighted by Gasteiger charge is 2.09. The third kappa shape index (κ3) is 3.40. The second-order valence-corrected chi connectivity index (χ2v) is 4.50. The first-order valence-corrected chi connectivity index (χ1v) is 6.43. The summed E-state index contributed by atoms with van der Waals surface area (Å²) in [4.78, 5) is 16.0. The number of hydrogen-bond donors (Lipinski definition) is 1. The molecule has 0 spiro atoms. The minimum absolute atomic E-state index is 0.0485. The highest BCUT2D eigenvalue weighted by molar-refractivity contribution is 5.78. The van der Waals surface area contributed by atoms with E-state index in [1.54, 1.807) is 17.1 Å². The standard InChI is InChI=1S/C14H18N4O/c1-3-11(2)14(19)16-10-12-5-7-15-13(9-12)18-8-4-6-17-18/h4-9,11H,3,10H2,1-2H3,(H,16,19). The lowest BCUT2D eigenvalue weighted by atomic mass is 10.1. The van der Waals surface area contributed by atoms with E-state index < -0.39 is 0 Å². The molecule has 1 N–H and O–H groups in total. The Bertz CT molecular complexity index is 536. The third-order valence-electron chi connectivity index (χ3n) is 3.08. The predicted molar refractivity (Wildman–Crippen MR) is 72.7 cm³/mol. The summed E-state index contributed by atoms with van der Waals surface area (Å²) in [5, 5.41) is 7.06. The molecule has 0 aromatic carbocycles. The van der Waals surface area contributed by atoms with Gasteiger partial charge in [0.2, 0.25) is 5.91 Å². The highest BCUT2D eigenvalue weighted by atomic mass is 16.1. The van der Waals surface area contributed by atoms with E-state index in [1.807, 2.05) is 38.2 Å². The van der Waals surface area contributed by atoms with Crippen molar-refractivity contribution < 1.29 is 4.79 Å². The van der Waals surface area contributed by atoms with Crippen LogP contribution in [-0.4, -0.2) is 20.7 Å².